The van der Waals surface area contributed by atoms with E-state index >= 15 is 0 Å². The molecule has 1 amide bonds. The van der Waals surface area contributed by atoms with Crippen LogP contribution in [0.15, 0.2) is 41.8 Å². The number of hydrogen-bond acceptors (Lipinski definition) is 6. The molecule has 7 nitrogen and oxygen atoms in total. The van der Waals surface area contributed by atoms with E-state index in [1.807, 2.05) is 30.3 Å². The summed E-state index contributed by atoms with van der Waals surface area (Å²) in [5.41, 5.74) is -0.717. The molecule has 0 saturated carbocycles. The van der Waals surface area contributed by atoms with Crippen LogP contribution in [-0.2, 0) is 9.53 Å². The molecule has 0 aliphatic carbocycles. The second kappa shape index (κ2) is 8.57. The third kappa shape index (κ3) is 6.64. The van der Waals surface area contributed by atoms with E-state index in [0.29, 0.717) is 16.6 Å². The number of aliphatic carboxylic acids is 1. The summed E-state index contributed by atoms with van der Waals surface area (Å²) < 4.78 is 16.2. The number of amides is 1. The second-order valence-electron chi connectivity index (χ2n) is 6.36. The van der Waals surface area contributed by atoms with Crippen molar-refractivity contribution in [2.75, 3.05) is 6.61 Å². The van der Waals surface area contributed by atoms with Crippen LogP contribution in [0.5, 0.6) is 16.6 Å². The maximum absolute atomic E-state index is 11.7. The van der Waals surface area contributed by atoms with E-state index in [0.717, 1.165) is 0 Å². The minimum atomic E-state index is -1.23. The van der Waals surface area contributed by atoms with Crippen LogP contribution >= 0.6 is 11.3 Å². The molecular formula is C18H21NO6S. The Labute approximate surface area is 155 Å². The van der Waals surface area contributed by atoms with Gasteiger partial charge in [0.25, 0.3) is 0 Å². The molecule has 2 N–H and O–H groups in total. The van der Waals surface area contributed by atoms with Crippen LogP contribution in [0.25, 0.3) is 0 Å². The SMILES string of the molecule is CC(C)(C)OC(=O)N[C@H](COc1cc(Oc2ccccc2)cs1)C(=O)O. The summed E-state index contributed by atoms with van der Waals surface area (Å²) in [5, 5.41) is 13.7. The molecule has 1 aromatic heterocycles. The topological polar surface area (TPSA) is 94.1 Å². The number of rotatable bonds is 7. The van der Waals surface area contributed by atoms with E-state index in [4.69, 9.17) is 14.2 Å². The van der Waals surface area contributed by atoms with Crippen LogP contribution in [0.1, 0.15) is 20.8 Å². The van der Waals surface area contributed by atoms with E-state index in [2.05, 4.69) is 5.32 Å². The molecule has 1 aromatic carbocycles. The van der Waals surface area contributed by atoms with E-state index in [9.17, 15) is 14.7 Å². The quantitative estimate of drug-likeness (QED) is 0.758. The molecule has 1 atom stereocenters. The van der Waals surface area contributed by atoms with Gasteiger partial charge in [-0.2, -0.15) is 0 Å². The molecule has 0 aliphatic rings. The number of carbonyl (C=O) groups is 2. The predicted molar refractivity (Wildman–Crippen MR) is 97.1 cm³/mol. The molecule has 140 valence electrons. The van der Waals surface area contributed by atoms with Crippen molar-refractivity contribution in [3.05, 3.63) is 41.8 Å². The number of benzene rings is 1. The zero-order valence-electron chi connectivity index (χ0n) is 14.7. The van der Waals surface area contributed by atoms with Crippen molar-refractivity contribution in [3.63, 3.8) is 0 Å². The monoisotopic (exact) mass is 379 g/mol. The highest BCUT2D eigenvalue weighted by atomic mass is 32.1. The Morgan fingerprint density at radius 1 is 1.19 bits per heavy atom. The van der Waals surface area contributed by atoms with Crippen molar-refractivity contribution < 1.29 is 28.9 Å². The van der Waals surface area contributed by atoms with Gasteiger partial charge in [0.2, 0.25) is 0 Å². The van der Waals surface area contributed by atoms with Gasteiger partial charge in [-0.15, -0.1) is 11.3 Å². The average molecular weight is 379 g/mol. The molecule has 0 radical (unpaired) electrons. The van der Waals surface area contributed by atoms with Crippen molar-refractivity contribution >= 4 is 23.4 Å². The molecule has 0 bridgehead atoms. The molecule has 0 fully saturated rings. The molecule has 0 aliphatic heterocycles. The van der Waals surface area contributed by atoms with Crippen molar-refractivity contribution in [2.24, 2.45) is 0 Å². The Kier molecular flexibility index (Phi) is 6.46. The summed E-state index contributed by atoms with van der Waals surface area (Å²) in [5.74, 6) is 0.0585. The minimum absolute atomic E-state index is 0.236. The summed E-state index contributed by atoms with van der Waals surface area (Å²) in [4.78, 5) is 23.0. The maximum atomic E-state index is 11.7. The third-order valence-corrected chi connectivity index (χ3v) is 3.73. The molecule has 1 heterocycles. The van der Waals surface area contributed by atoms with Gasteiger partial charge >= 0.3 is 12.1 Å². The number of nitrogens with one attached hydrogen (secondary N) is 1. The largest absolute Gasteiger partial charge is 0.481 e. The van der Waals surface area contributed by atoms with Crippen LogP contribution in [0, 0.1) is 0 Å². The summed E-state index contributed by atoms with van der Waals surface area (Å²) in [6.45, 7) is 4.84. The first-order valence-corrected chi connectivity index (χ1v) is 8.77. The molecule has 8 heteroatoms. The van der Waals surface area contributed by atoms with Gasteiger partial charge in [0.15, 0.2) is 11.1 Å². The van der Waals surface area contributed by atoms with Gasteiger partial charge in [-0.05, 0) is 32.9 Å². The summed E-state index contributed by atoms with van der Waals surface area (Å²) in [7, 11) is 0. The highest BCUT2D eigenvalue weighted by Crippen LogP contribution is 2.31. The summed E-state index contributed by atoms with van der Waals surface area (Å²) >= 11 is 1.27. The van der Waals surface area contributed by atoms with Gasteiger partial charge in [-0.3, -0.25) is 0 Å². The Bertz CT molecular complexity index is 738. The molecule has 0 unspecified atom stereocenters. The number of carbonyl (C=O) groups excluding carboxylic acids is 1. The lowest BCUT2D eigenvalue weighted by Gasteiger charge is -2.21. The van der Waals surface area contributed by atoms with Crippen molar-refractivity contribution in [1.29, 1.82) is 0 Å². The number of ether oxygens (including phenoxy) is 3. The highest BCUT2D eigenvalue weighted by Gasteiger charge is 2.24. The van der Waals surface area contributed by atoms with E-state index in [-0.39, 0.29) is 6.61 Å². The van der Waals surface area contributed by atoms with Gasteiger partial charge in [0, 0.05) is 11.4 Å². The van der Waals surface area contributed by atoms with Gasteiger partial charge in [0.05, 0.1) is 0 Å². The minimum Gasteiger partial charge on any atom is -0.481 e. The number of carboxylic acid groups (broad SMARTS) is 1. The lowest BCUT2D eigenvalue weighted by atomic mass is 10.2. The second-order valence-corrected chi connectivity index (χ2v) is 7.24. The fourth-order valence-corrected chi connectivity index (χ4v) is 2.51. The van der Waals surface area contributed by atoms with Crippen molar-refractivity contribution in [2.45, 2.75) is 32.4 Å². The Morgan fingerprint density at radius 2 is 1.88 bits per heavy atom. The molecule has 0 saturated heterocycles. The maximum Gasteiger partial charge on any atom is 0.408 e. The Hall–Kier alpha value is -2.74. The van der Waals surface area contributed by atoms with Gasteiger partial charge in [-0.1, -0.05) is 18.2 Å². The van der Waals surface area contributed by atoms with E-state index < -0.39 is 23.7 Å². The van der Waals surface area contributed by atoms with Gasteiger partial charge in [-0.25, -0.2) is 9.59 Å². The fraction of sp³-hybridized carbons (Fsp3) is 0.333. The standard InChI is InChI=1S/C18H21NO6S/c1-18(2,3)25-17(22)19-14(16(20)21)10-23-15-9-13(11-26-15)24-12-7-5-4-6-8-12/h4-9,11,14H,10H2,1-3H3,(H,19,22)(H,20,21)/t14-/m1/s1. The Balaban J connectivity index is 1.89. The van der Waals surface area contributed by atoms with E-state index in [1.165, 1.54) is 11.3 Å². The average Bonchev–Trinajstić information content (AvgIpc) is 2.98. The number of carboxylic acids is 1. The van der Waals surface area contributed by atoms with Gasteiger partial charge in [0.1, 0.15) is 23.7 Å². The third-order valence-electron chi connectivity index (χ3n) is 2.91. The first-order chi connectivity index (χ1) is 12.2. The molecule has 26 heavy (non-hydrogen) atoms. The van der Waals surface area contributed by atoms with Crippen LogP contribution in [-0.4, -0.2) is 35.4 Å². The summed E-state index contributed by atoms with van der Waals surface area (Å²) in [6.07, 6.45) is -0.812. The molecular weight excluding hydrogens is 358 g/mol. The number of alkyl carbamates (subject to hydrolysis) is 1. The van der Waals surface area contributed by atoms with Crippen LogP contribution in [0.4, 0.5) is 4.79 Å². The lowest BCUT2D eigenvalue weighted by molar-refractivity contribution is -0.140. The molecule has 0 spiro atoms. The fourth-order valence-electron chi connectivity index (χ4n) is 1.84. The predicted octanol–water partition coefficient (Wildman–Crippen LogP) is 3.90. The van der Waals surface area contributed by atoms with Crippen LogP contribution in [0.2, 0.25) is 0 Å². The van der Waals surface area contributed by atoms with Crippen LogP contribution in [0.3, 0.4) is 0 Å². The van der Waals surface area contributed by atoms with Crippen LogP contribution < -0.4 is 14.8 Å². The number of thiophene rings is 1. The lowest BCUT2D eigenvalue weighted by Crippen LogP contribution is -2.46. The van der Waals surface area contributed by atoms with Gasteiger partial charge < -0.3 is 24.6 Å². The Morgan fingerprint density at radius 3 is 2.50 bits per heavy atom. The van der Waals surface area contributed by atoms with Crippen molar-refractivity contribution in [3.8, 4) is 16.6 Å². The molecule has 2 rings (SSSR count). The number of hydrogen-bond donors (Lipinski definition) is 2. The first kappa shape index (κ1) is 19.6. The zero-order valence-corrected chi connectivity index (χ0v) is 15.5. The highest BCUT2D eigenvalue weighted by molar-refractivity contribution is 7.12. The smallest absolute Gasteiger partial charge is 0.408 e. The molecule has 2 aromatic rings. The van der Waals surface area contributed by atoms with Crippen molar-refractivity contribution in [1.82, 2.24) is 5.32 Å². The normalized spacial score (nSPS) is 12.1. The summed E-state index contributed by atoms with van der Waals surface area (Å²) in [6, 6.07) is 9.68. The van der Waals surface area contributed by atoms with E-state index in [1.54, 1.807) is 32.2 Å². The first-order valence-electron chi connectivity index (χ1n) is 7.89. The zero-order chi connectivity index (χ0) is 19.2. The number of para-hydroxylation sites is 1.